The van der Waals surface area contributed by atoms with E-state index in [2.05, 4.69) is 15.9 Å². The van der Waals surface area contributed by atoms with Gasteiger partial charge >= 0.3 is 0 Å². The molecule has 0 aliphatic rings. The van der Waals surface area contributed by atoms with Gasteiger partial charge in [0.05, 0.1) is 4.47 Å². The van der Waals surface area contributed by atoms with Gasteiger partial charge in [-0.3, -0.25) is 0 Å². The fraction of sp³-hybridized carbons (Fsp3) is 0.143. The van der Waals surface area contributed by atoms with Crippen molar-refractivity contribution in [3.8, 4) is 5.75 Å². The maximum atomic E-state index is 13.8. The van der Waals surface area contributed by atoms with Crippen LogP contribution in [0.25, 0.3) is 0 Å². The number of sulfonamides is 1. The quantitative estimate of drug-likeness (QED) is 0.894. The highest BCUT2D eigenvalue weighted by Gasteiger charge is 2.18. The van der Waals surface area contributed by atoms with Crippen molar-refractivity contribution < 1.29 is 17.5 Å². The molecule has 0 aromatic heterocycles. The number of hydrogen-bond acceptors (Lipinski definition) is 3. The van der Waals surface area contributed by atoms with Gasteiger partial charge in [0.25, 0.3) is 0 Å². The first-order valence-corrected chi connectivity index (χ1v) is 8.31. The molecule has 2 rings (SSSR count). The van der Waals surface area contributed by atoms with Crippen LogP contribution in [-0.2, 0) is 16.6 Å². The van der Waals surface area contributed by atoms with Gasteiger partial charge < -0.3 is 4.74 Å². The van der Waals surface area contributed by atoms with Crippen molar-refractivity contribution in [2.24, 2.45) is 5.14 Å². The molecule has 0 spiro atoms. The van der Waals surface area contributed by atoms with Crippen molar-refractivity contribution >= 4 is 26.0 Å². The van der Waals surface area contributed by atoms with Crippen molar-refractivity contribution in [3.63, 3.8) is 0 Å². The predicted molar refractivity (Wildman–Crippen MR) is 81.0 cm³/mol. The lowest BCUT2D eigenvalue weighted by atomic mass is 10.1. The monoisotopic (exact) mass is 373 g/mol. The van der Waals surface area contributed by atoms with E-state index in [1.807, 2.05) is 31.2 Å². The van der Waals surface area contributed by atoms with Crippen molar-refractivity contribution in [1.29, 1.82) is 0 Å². The van der Waals surface area contributed by atoms with E-state index in [-0.39, 0.29) is 12.4 Å². The standard InChI is InChI=1S/C14H13BrFNO3S/c1-9-3-2-4-10(5-9)8-20-13-7-12(16)14(6-11(13)15)21(17,18)19/h2-7H,8H2,1H3,(H2,17,18,19). The van der Waals surface area contributed by atoms with Gasteiger partial charge in [-0.15, -0.1) is 0 Å². The molecule has 2 aromatic rings. The van der Waals surface area contributed by atoms with Gasteiger partial charge in [-0.2, -0.15) is 0 Å². The highest BCUT2D eigenvalue weighted by molar-refractivity contribution is 9.10. The van der Waals surface area contributed by atoms with Crippen LogP contribution in [0.3, 0.4) is 0 Å². The first-order chi connectivity index (χ1) is 9.77. The maximum absolute atomic E-state index is 13.8. The number of rotatable bonds is 4. The highest BCUT2D eigenvalue weighted by Crippen LogP contribution is 2.30. The van der Waals surface area contributed by atoms with Crippen molar-refractivity contribution in [2.45, 2.75) is 18.4 Å². The third kappa shape index (κ3) is 4.03. The smallest absolute Gasteiger partial charge is 0.241 e. The zero-order valence-corrected chi connectivity index (χ0v) is 13.5. The summed E-state index contributed by atoms with van der Waals surface area (Å²) >= 11 is 3.15. The summed E-state index contributed by atoms with van der Waals surface area (Å²) in [5, 5.41) is 4.93. The lowest BCUT2D eigenvalue weighted by Gasteiger charge is -2.10. The summed E-state index contributed by atoms with van der Waals surface area (Å²) in [6.45, 7) is 2.20. The van der Waals surface area contributed by atoms with Crippen molar-refractivity contribution in [3.05, 3.63) is 57.8 Å². The summed E-state index contributed by atoms with van der Waals surface area (Å²) in [5.41, 5.74) is 2.02. The van der Waals surface area contributed by atoms with E-state index in [1.165, 1.54) is 0 Å². The normalized spacial score (nSPS) is 11.4. The average Bonchev–Trinajstić information content (AvgIpc) is 2.38. The van der Waals surface area contributed by atoms with E-state index < -0.39 is 20.7 Å². The molecule has 2 N–H and O–H groups in total. The predicted octanol–water partition coefficient (Wildman–Crippen LogP) is 3.12. The van der Waals surface area contributed by atoms with E-state index in [0.717, 1.165) is 23.3 Å². The van der Waals surface area contributed by atoms with Gasteiger partial charge in [0, 0.05) is 6.07 Å². The van der Waals surface area contributed by atoms with E-state index in [4.69, 9.17) is 9.88 Å². The summed E-state index contributed by atoms with van der Waals surface area (Å²) in [4.78, 5) is -0.572. The number of nitrogens with two attached hydrogens (primary N) is 1. The van der Waals surface area contributed by atoms with Crippen LogP contribution in [0.15, 0.2) is 45.8 Å². The first-order valence-electron chi connectivity index (χ1n) is 5.97. The fourth-order valence-corrected chi connectivity index (χ4v) is 3.02. The Hall–Kier alpha value is -1.44. The molecule has 0 fully saturated rings. The molecule has 112 valence electrons. The van der Waals surface area contributed by atoms with Crippen molar-refractivity contribution in [1.82, 2.24) is 0 Å². The lowest BCUT2D eigenvalue weighted by Crippen LogP contribution is -2.14. The van der Waals surface area contributed by atoms with E-state index in [0.29, 0.717) is 4.47 Å². The number of hydrogen-bond donors (Lipinski definition) is 1. The molecular formula is C14H13BrFNO3S. The summed E-state index contributed by atoms with van der Waals surface area (Å²) in [7, 11) is -4.11. The van der Waals surface area contributed by atoms with Gasteiger partial charge in [0.15, 0.2) is 0 Å². The molecule has 0 atom stereocenters. The third-order valence-corrected chi connectivity index (χ3v) is 4.32. The van der Waals surface area contributed by atoms with Gasteiger partial charge in [-0.1, -0.05) is 29.8 Å². The molecule has 0 unspecified atom stereocenters. The van der Waals surface area contributed by atoms with Crippen LogP contribution >= 0.6 is 15.9 Å². The topological polar surface area (TPSA) is 69.4 Å². The molecule has 0 saturated heterocycles. The average molecular weight is 374 g/mol. The Morgan fingerprint density at radius 2 is 2.00 bits per heavy atom. The zero-order valence-electron chi connectivity index (χ0n) is 11.1. The van der Waals surface area contributed by atoms with E-state index in [1.54, 1.807) is 0 Å². The third-order valence-electron chi connectivity index (χ3n) is 2.77. The molecule has 0 aliphatic heterocycles. The summed E-state index contributed by atoms with van der Waals surface area (Å²) in [6.07, 6.45) is 0. The minimum atomic E-state index is -4.11. The summed E-state index contributed by atoms with van der Waals surface area (Å²) in [5.74, 6) is -0.735. The molecule has 0 heterocycles. The van der Waals surface area contributed by atoms with Gasteiger partial charge in [0.1, 0.15) is 23.1 Å². The second kappa shape index (κ2) is 6.13. The highest BCUT2D eigenvalue weighted by atomic mass is 79.9. The molecule has 0 radical (unpaired) electrons. The van der Waals surface area contributed by atoms with Gasteiger partial charge in [0.2, 0.25) is 10.0 Å². The Kier molecular flexibility index (Phi) is 4.65. The van der Waals surface area contributed by atoms with Crippen LogP contribution in [0.4, 0.5) is 4.39 Å². The Bertz CT molecular complexity index is 778. The van der Waals surface area contributed by atoms with Gasteiger partial charge in [-0.05, 0) is 34.5 Å². The molecule has 0 amide bonds. The molecule has 0 aliphatic carbocycles. The molecule has 21 heavy (non-hydrogen) atoms. The number of ether oxygens (including phenoxy) is 1. The molecule has 4 nitrogen and oxygen atoms in total. The number of aryl methyl sites for hydroxylation is 1. The first kappa shape index (κ1) is 15.9. The zero-order chi connectivity index (χ0) is 15.6. The molecule has 2 aromatic carbocycles. The SMILES string of the molecule is Cc1cccc(COc2cc(F)c(S(N)(=O)=O)cc2Br)c1. The Labute approximate surface area is 130 Å². The maximum Gasteiger partial charge on any atom is 0.241 e. The minimum Gasteiger partial charge on any atom is -0.488 e. The van der Waals surface area contributed by atoms with Crippen LogP contribution in [0.1, 0.15) is 11.1 Å². The van der Waals surface area contributed by atoms with Crippen LogP contribution in [0, 0.1) is 12.7 Å². The summed E-state index contributed by atoms with van der Waals surface area (Å²) < 4.78 is 42.0. The molecular weight excluding hydrogens is 361 g/mol. The van der Waals surface area contributed by atoms with Crippen LogP contribution < -0.4 is 9.88 Å². The van der Waals surface area contributed by atoms with Crippen molar-refractivity contribution in [2.75, 3.05) is 0 Å². The van der Waals surface area contributed by atoms with E-state index >= 15 is 0 Å². The molecule has 0 saturated carbocycles. The minimum absolute atomic E-state index is 0.210. The Balaban J connectivity index is 2.24. The Morgan fingerprint density at radius 1 is 1.29 bits per heavy atom. The van der Waals surface area contributed by atoms with Crippen LogP contribution in [-0.4, -0.2) is 8.42 Å². The molecule has 0 bridgehead atoms. The number of primary sulfonamides is 1. The Morgan fingerprint density at radius 3 is 2.62 bits per heavy atom. The summed E-state index contributed by atoms with van der Waals surface area (Å²) in [6, 6.07) is 9.78. The van der Waals surface area contributed by atoms with Gasteiger partial charge in [-0.25, -0.2) is 17.9 Å². The van der Waals surface area contributed by atoms with Crippen LogP contribution in [0.5, 0.6) is 5.75 Å². The lowest BCUT2D eigenvalue weighted by molar-refractivity contribution is 0.302. The van der Waals surface area contributed by atoms with Crippen LogP contribution in [0.2, 0.25) is 0 Å². The fourth-order valence-electron chi connectivity index (χ4n) is 1.80. The second-order valence-electron chi connectivity index (χ2n) is 4.54. The number of halogens is 2. The largest absolute Gasteiger partial charge is 0.488 e. The molecule has 7 heteroatoms. The van der Waals surface area contributed by atoms with E-state index in [9.17, 15) is 12.8 Å². The number of benzene rings is 2. The second-order valence-corrected chi connectivity index (χ2v) is 6.92.